The fraction of sp³-hybridized carbons (Fsp3) is 0.222. The Bertz CT molecular complexity index is 2010. The minimum atomic E-state index is -3.76. The molecule has 0 fully saturated rings. The van der Waals surface area contributed by atoms with Crippen LogP contribution in [0.5, 0.6) is 0 Å². The predicted molar refractivity (Wildman–Crippen MR) is 185 cm³/mol. The monoisotopic (exact) mass is 684 g/mol. The zero-order valence-electron chi connectivity index (χ0n) is 27.2. The zero-order valence-corrected chi connectivity index (χ0v) is 28.0. The third kappa shape index (κ3) is 9.15. The number of nitrogens with one attached hydrogen (secondary N) is 2. The van der Waals surface area contributed by atoms with Gasteiger partial charge in [0.25, 0.3) is 11.8 Å². The van der Waals surface area contributed by atoms with E-state index in [1.54, 1.807) is 48.5 Å². The van der Waals surface area contributed by atoms with Gasteiger partial charge >= 0.3 is 0 Å². The molecule has 2 amide bonds. The molecule has 0 radical (unpaired) electrons. The van der Waals surface area contributed by atoms with Crippen LogP contribution in [0.25, 0.3) is 11.1 Å². The van der Waals surface area contributed by atoms with Crippen LogP contribution in [0.1, 0.15) is 44.8 Å². The van der Waals surface area contributed by atoms with Gasteiger partial charge in [-0.25, -0.2) is 12.8 Å². The van der Waals surface area contributed by atoms with Gasteiger partial charge in [0.05, 0.1) is 42.9 Å². The van der Waals surface area contributed by atoms with Gasteiger partial charge in [0.1, 0.15) is 5.82 Å². The van der Waals surface area contributed by atoms with Crippen molar-refractivity contribution in [1.82, 2.24) is 25.4 Å². The molecule has 3 N–H and O–H groups in total. The third-order valence-electron chi connectivity index (χ3n) is 8.10. The highest BCUT2D eigenvalue weighted by Gasteiger charge is 2.26. The maximum absolute atomic E-state index is 13.9. The van der Waals surface area contributed by atoms with Gasteiger partial charge in [-0.05, 0) is 60.9 Å². The Hall–Kier alpha value is -5.40. The van der Waals surface area contributed by atoms with E-state index in [0.29, 0.717) is 5.56 Å². The summed E-state index contributed by atoms with van der Waals surface area (Å²) in [5, 5.41) is 21.6. The molecule has 5 aromatic rings. The fourth-order valence-corrected chi connectivity index (χ4v) is 5.72. The Morgan fingerprint density at radius 3 is 2.22 bits per heavy atom. The van der Waals surface area contributed by atoms with E-state index in [2.05, 4.69) is 20.7 Å². The highest BCUT2D eigenvalue weighted by Crippen LogP contribution is 2.23. The maximum atomic E-state index is 13.9. The molecule has 2 heterocycles. The molecule has 0 aliphatic rings. The Morgan fingerprint density at radius 1 is 0.918 bits per heavy atom. The number of aromatic nitrogens is 3. The molecule has 5 rings (SSSR count). The molecule has 254 valence electrons. The molecule has 0 bridgehead atoms. The fourth-order valence-electron chi connectivity index (χ4n) is 5.23. The van der Waals surface area contributed by atoms with Crippen molar-refractivity contribution in [3.63, 3.8) is 0 Å². The molecule has 11 nitrogen and oxygen atoms in total. The summed E-state index contributed by atoms with van der Waals surface area (Å²) in [6, 6.07) is 21.5. The molecule has 0 unspecified atom stereocenters. The van der Waals surface area contributed by atoms with E-state index in [1.807, 2.05) is 42.5 Å². The number of amides is 2. The molecule has 3 aromatic carbocycles. The standard InChI is InChI=1S/C36H37FN6O5S/c1-24(26-11-13-31(37)14-12-26)40-35(45)28-17-29(19-32(18-28)42(2)49(3,47)48)36(46)41-33(16-25-8-5-4-6-9-25)34(44)23-43-22-30(21-39-43)27-10-7-15-38-20-27/h4-15,17-22,24,33-34,44H,16,23H2,1-3H3,(H,40,45)(H,41,46)/t24-,33+,34+/m1/s1. The molecule has 0 aliphatic heterocycles. The van der Waals surface area contributed by atoms with Crippen LogP contribution in [-0.2, 0) is 23.0 Å². The molecule has 0 saturated carbocycles. The lowest BCUT2D eigenvalue weighted by Gasteiger charge is -2.25. The minimum absolute atomic E-state index is 0.01000. The number of nitrogens with zero attached hydrogens (tertiary/aromatic N) is 4. The highest BCUT2D eigenvalue weighted by molar-refractivity contribution is 7.92. The number of rotatable bonds is 13. The van der Waals surface area contributed by atoms with Gasteiger partial charge in [-0.2, -0.15) is 5.10 Å². The Balaban J connectivity index is 1.42. The lowest BCUT2D eigenvalue weighted by Crippen LogP contribution is -2.46. The number of hydrogen-bond donors (Lipinski definition) is 3. The van der Waals surface area contributed by atoms with Gasteiger partial charge in [0, 0.05) is 47.9 Å². The first kappa shape index (κ1) is 34.9. The quantitative estimate of drug-likeness (QED) is 0.167. The smallest absolute Gasteiger partial charge is 0.251 e. The van der Waals surface area contributed by atoms with Gasteiger partial charge in [-0.15, -0.1) is 0 Å². The third-order valence-corrected chi connectivity index (χ3v) is 9.31. The van der Waals surface area contributed by atoms with Crippen LogP contribution in [0.4, 0.5) is 10.1 Å². The molecule has 0 saturated heterocycles. The summed E-state index contributed by atoms with van der Waals surface area (Å²) in [4.78, 5) is 31.5. The number of sulfonamides is 1. The summed E-state index contributed by atoms with van der Waals surface area (Å²) in [5.74, 6) is -1.61. The Labute approximate surface area is 284 Å². The number of hydrogen-bond acceptors (Lipinski definition) is 7. The van der Waals surface area contributed by atoms with Crippen molar-refractivity contribution in [1.29, 1.82) is 0 Å². The second-order valence-corrected chi connectivity index (χ2v) is 13.8. The van der Waals surface area contributed by atoms with Crippen LogP contribution in [0.3, 0.4) is 0 Å². The van der Waals surface area contributed by atoms with Crippen molar-refractivity contribution in [3.8, 4) is 11.1 Å². The van der Waals surface area contributed by atoms with Crippen molar-refractivity contribution in [3.05, 3.63) is 138 Å². The SMILES string of the molecule is C[C@@H](NC(=O)c1cc(C(=O)N[C@@H](Cc2ccccc2)[C@@H](O)Cn2cc(-c3cccnc3)cn2)cc(N(C)S(C)(=O)=O)c1)c1ccc(F)cc1. The average molecular weight is 685 g/mol. The highest BCUT2D eigenvalue weighted by atomic mass is 32.2. The van der Waals surface area contributed by atoms with E-state index < -0.39 is 45.8 Å². The maximum Gasteiger partial charge on any atom is 0.251 e. The Kier molecular flexibility index (Phi) is 10.8. The first-order chi connectivity index (χ1) is 23.4. The number of carbonyl (C=O) groups excluding carboxylic acids is 2. The van der Waals surface area contributed by atoms with Crippen molar-refractivity contribution >= 4 is 27.5 Å². The van der Waals surface area contributed by atoms with Crippen LogP contribution in [0.15, 0.2) is 110 Å². The molecule has 49 heavy (non-hydrogen) atoms. The number of anilines is 1. The summed E-state index contributed by atoms with van der Waals surface area (Å²) in [7, 11) is -2.44. The van der Waals surface area contributed by atoms with Crippen LogP contribution in [-0.4, -0.2) is 65.6 Å². The van der Waals surface area contributed by atoms with Crippen molar-refractivity contribution in [2.75, 3.05) is 17.6 Å². The van der Waals surface area contributed by atoms with E-state index in [9.17, 15) is 27.5 Å². The van der Waals surface area contributed by atoms with Gasteiger partial charge in [0.2, 0.25) is 10.0 Å². The molecule has 2 aromatic heterocycles. The number of aliphatic hydroxyl groups excluding tert-OH is 1. The van der Waals surface area contributed by atoms with Crippen molar-refractivity contribution in [2.45, 2.75) is 38.1 Å². The lowest BCUT2D eigenvalue weighted by molar-refractivity contribution is 0.0780. The number of aliphatic hydroxyl groups is 1. The molecular formula is C36H37FN6O5S. The van der Waals surface area contributed by atoms with Gasteiger partial charge < -0.3 is 15.7 Å². The number of halogens is 1. The van der Waals surface area contributed by atoms with Gasteiger partial charge in [0.15, 0.2) is 0 Å². The predicted octanol–water partition coefficient (Wildman–Crippen LogP) is 4.37. The van der Waals surface area contributed by atoms with Crippen molar-refractivity contribution < 1.29 is 27.5 Å². The molecule has 0 spiro atoms. The number of pyridine rings is 1. The normalized spacial score (nSPS) is 13.2. The Morgan fingerprint density at radius 2 is 1.59 bits per heavy atom. The molecule has 3 atom stereocenters. The molecule has 13 heteroatoms. The first-order valence-corrected chi connectivity index (χ1v) is 17.3. The van der Waals surface area contributed by atoms with E-state index >= 15 is 0 Å². The minimum Gasteiger partial charge on any atom is -0.389 e. The first-order valence-electron chi connectivity index (χ1n) is 15.5. The van der Waals surface area contributed by atoms with Crippen LogP contribution < -0.4 is 14.9 Å². The largest absolute Gasteiger partial charge is 0.389 e. The summed E-state index contributed by atoms with van der Waals surface area (Å²) in [5.41, 5.74) is 3.33. The molecule has 0 aliphatic carbocycles. The van der Waals surface area contributed by atoms with Crippen LogP contribution in [0, 0.1) is 5.82 Å². The van der Waals surface area contributed by atoms with Crippen LogP contribution >= 0.6 is 0 Å². The van der Waals surface area contributed by atoms with E-state index in [-0.39, 0.29) is 29.8 Å². The lowest BCUT2D eigenvalue weighted by atomic mass is 10.00. The zero-order chi connectivity index (χ0) is 35.1. The second kappa shape index (κ2) is 15.2. The molecular weight excluding hydrogens is 647 g/mol. The summed E-state index contributed by atoms with van der Waals surface area (Å²) >= 11 is 0. The van der Waals surface area contributed by atoms with Crippen molar-refractivity contribution in [2.24, 2.45) is 0 Å². The topological polar surface area (TPSA) is 147 Å². The van der Waals surface area contributed by atoms with Crippen LogP contribution in [0.2, 0.25) is 0 Å². The number of carbonyl (C=O) groups is 2. The second-order valence-electron chi connectivity index (χ2n) is 11.8. The van der Waals surface area contributed by atoms with E-state index in [0.717, 1.165) is 27.3 Å². The van der Waals surface area contributed by atoms with E-state index in [1.165, 1.54) is 37.4 Å². The van der Waals surface area contributed by atoms with E-state index in [4.69, 9.17) is 0 Å². The summed E-state index contributed by atoms with van der Waals surface area (Å²) in [6.45, 7) is 1.78. The number of benzene rings is 3. The van der Waals surface area contributed by atoms with Gasteiger partial charge in [-0.3, -0.25) is 23.6 Å². The van der Waals surface area contributed by atoms with Gasteiger partial charge in [-0.1, -0.05) is 48.5 Å². The summed E-state index contributed by atoms with van der Waals surface area (Å²) in [6.07, 6.45) is 7.03. The average Bonchev–Trinajstić information content (AvgIpc) is 3.56. The summed E-state index contributed by atoms with van der Waals surface area (Å²) < 4.78 is 40.9.